The molecule has 26 heavy (non-hydrogen) atoms. The topological polar surface area (TPSA) is 44.1 Å². The molecule has 1 heterocycles. The largest absolute Gasteiger partial charge is 0.494 e. The first-order valence-electron chi connectivity index (χ1n) is 8.65. The maximum atomic E-state index is 10.9. The third kappa shape index (κ3) is 2.90. The molecule has 0 radical (unpaired) electrons. The number of nitrogens with zero attached hydrogens (tertiary/aromatic N) is 2. The van der Waals surface area contributed by atoms with Crippen molar-refractivity contribution < 1.29 is 9.53 Å². The molecule has 1 atom stereocenters. The van der Waals surface area contributed by atoms with Crippen molar-refractivity contribution in [3.05, 3.63) is 64.8 Å². The van der Waals surface area contributed by atoms with Crippen LogP contribution < -0.4 is 4.74 Å². The third-order valence-corrected chi connectivity index (χ3v) is 5.15. The molecule has 5 heteroatoms. The standard InChI is InChI=1S/C21H19ClN2O2/c1-26-20-5-3-2-4-19(20)24-21(15-6-8-16(22)9-7-15)17-12-14(10-11-25)13-18(17)23-24/h2-9,11,14H,10,12-13H2,1H3. The van der Waals surface area contributed by atoms with Gasteiger partial charge in [-0.1, -0.05) is 35.9 Å². The molecule has 4 nitrogen and oxygen atoms in total. The Kier molecular flexibility index (Phi) is 4.51. The zero-order valence-corrected chi connectivity index (χ0v) is 15.2. The van der Waals surface area contributed by atoms with E-state index >= 15 is 0 Å². The smallest absolute Gasteiger partial charge is 0.144 e. The molecule has 0 bridgehead atoms. The van der Waals surface area contributed by atoms with Crippen LogP contribution in [0.1, 0.15) is 17.7 Å². The van der Waals surface area contributed by atoms with Gasteiger partial charge in [-0.25, -0.2) is 4.68 Å². The highest BCUT2D eigenvalue weighted by molar-refractivity contribution is 6.30. The average molecular weight is 367 g/mol. The van der Waals surface area contributed by atoms with Crippen LogP contribution in [0.3, 0.4) is 0 Å². The second-order valence-corrected chi connectivity index (χ2v) is 6.98. The highest BCUT2D eigenvalue weighted by atomic mass is 35.5. The Bertz CT molecular complexity index is 947. The molecule has 0 N–H and O–H groups in total. The Labute approximate surface area is 157 Å². The predicted molar refractivity (Wildman–Crippen MR) is 102 cm³/mol. The number of benzene rings is 2. The van der Waals surface area contributed by atoms with Gasteiger partial charge in [-0.3, -0.25) is 0 Å². The molecule has 1 aliphatic rings. The molecule has 1 aliphatic carbocycles. The van der Waals surface area contributed by atoms with E-state index in [0.29, 0.717) is 17.4 Å². The molecule has 4 rings (SSSR count). The molecule has 0 amide bonds. The van der Waals surface area contributed by atoms with Crippen LogP contribution in [0.25, 0.3) is 16.9 Å². The second-order valence-electron chi connectivity index (χ2n) is 6.54. The van der Waals surface area contributed by atoms with Gasteiger partial charge in [0, 0.05) is 22.6 Å². The highest BCUT2D eigenvalue weighted by Crippen LogP contribution is 2.39. The number of aldehydes is 1. The number of carbonyl (C=O) groups excluding carboxylic acids is 1. The number of fused-ring (bicyclic) bond motifs is 1. The maximum absolute atomic E-state index is 10.9. The van der Waals surface area contributed by atoms with E-state index in [1.165, 1.54) is 5.56 Å². The molecule has 0 saturated heterocycles. The Morgan fingerprint density at radius 1 is 1.19 bits per heavy atom. The lowest BCUT2D eigenvalue weighted by molar-refractivity contribution is -0.108. The second kappa shape index (κ2) is 6.96. The fraction of sp³-hybridized carbons (Fsp3) is 0.238. The van der Waals surface area contributed by atoms with Crippen molar-refractivity contribution in [1.29, 1.82) is 0 Å². The first-order chi connectivity index (χ1) is 12.7. The summed E-state index contributed by atoms with van der Waals surface area (Å²) in [5.41, 5.74) is 5.29. The predicted octanol–water partition coefficient (Wildman–Crippen LogP) is 4.51. The number of halogens is 1. The van der Waals surface area contributed by atoms with Crippen LogP contribution in [0.5, 0.6) is 5.75 Å². The summed E-state index contributed by atoms with van der Waals surface area (Å²) in [5, 5.41) is 5.59. The molecule has 0 aliphatic heterocycles. The van der Waals surface area contributed by atoms with Gasteiger partial charge in [-0.2, -0.15) is 5.10 Å². The lowest BCUT2D eigenvalue weighted by Gasteiger charge is -2.14. The minimum absolute atomic E-state index is 0.336. The monoisotopic (exact) mass is 366 g/mol. The molecule has 132 valence electrons. The summed E-state index contributed by atoms with van der Waals surface area (Å²) in [7, 11) is 1.66. The minimum atomic E-state index is 0.336. The fourth-order valence-electron chi connectivity index (χ4n) is 3.69. The summed E-state index contributed by atoms with van der Waals surface area (Å²) in [4.78, 5) is 10.9. The van der Waals surface area contributed by atoms with Crippen LogP contribution in [0.2, 0.25) is 5.02 Å². The molecule has 1 unspecified atom stereocenters. The van der Waals surface area contributed by atoms with E-state index in [4.69, 9.17) is 21.4 Å². The van der Waals surface area contributed by atoms with Crippen LogP contribution in [-0.2, 0) is 17.6 Å². The Hall–Kier alpha value is -2.59. The summed E-state index contributed by atoms with van der Waals surface area (Å²) < 4.78 is 7.50. The number of carbonyl (C=O) groups is 1. The number of methoxy groups -OCH3 is 1. The number of ether oxygens (including phenoxy) is 1. The summed E-state index contributed by atoms with van der Waals surface area (Å²) >= 11 is 6.08. The zero-order valence-electron chi connectivity index (χ0n) is 14.5. The first-order valence-corrected chi connectivity index (χ1v) is 9.02. The van der Waals surface area contributed by atoms with Gasteiger partial charge in [0.1, 0.15) is 17.7 Å². The van der Waals surface area contributed by atoms with Crippen LogP contribution in [0.15, 0.2) is 48.5 Å². The van der Waals surface area contributed by atoms with Crippen LogP contribution in [0.4, 0.5) is 0 Å². The van der Waals surface area contributed by atoms with Gasteiger partial charge in [0.25, 0.3) is 0 Å². The SMILES string of the molecule is COc1ccccc1-n1nc2c(c1-c1ccc(Cl)cc1)CC(CC=O)C2. The first kappa shape index (κ1) is 16.9. The zero-order chi connectivity index (χ0) is 18.1. The summed E-state index contributed by atoms with van der Waals surface area (Å²) in [5.74, 6) is 1.11. The van der Waals surface area contributed by atoms with E-state index in [-0.39, 0.29) is 0 Å². The molecule has 0 fully saturated rings. The van der Waals surface area contributed by atoms with Crippen molar-refractivity contribution in [1.82, 2.24) is 9.78 Å². The van der Waals surface area contributed by atoms with Crippen LogP contribution >= 0.6 is 11.6 Å². The van der Waals surface area contributed by atoms with Gasteiger partial charge in [-0.15, -0.1) is 0 Å². The van der Waals surface area contributed by atoms with Crippen molar-refractivity contribution in [3.63, 3.8) is 0 Å². The lowest BCUT2D eigenvalue weighted by atomic mass is 10.0. The van der Waals surface area contributed by atoms with Gasteiger partial charge < -0.3 is 9.53 Å². The molecular formula is C21H19ClN2O2. The van der Waals surface area contributed by atoms with Gasteiger partial charge in [0.05, 0.1) is 18.5 Å². The van der Waals surface area contributed by atoms with E-state index < -0.39 is 0 Å². The average Bonchev–Trinajstić information content (AvgIpc) is 3.20. The minimum Gasteiger partial charge on any atom is -0.494 e. The third-order valence-electron chi connectivity index (χ3n) is 4.90. The van der Waals surface area contributed by atoms with Crippen molar-refractivity contribution in [2.24, 2.45) is 5.92 Å². The van der Waals surface area contributed by atoms with Crippen molar-refractivity contribution >= 4 is 17.9 Å². The normalized spacial score (nSPS) is 15.7. The van der Waals surface area contributed by atoms with Gasteiger partial charge in [0.15, 0.2) is 0 Å². The number of para-hydroxylation sites is 2. The summed E-state index contributed by atoms with van der Waals surface area (Å²) in [6, 6.07) is 15.7. The molecule has 2 aromatic carbocycles. The lowest BCUT2D eigenvalue weighted by Crippen LogP contribution is -2.07. The maximum Gasteiger partial charge on any atom is 0.144 e. The van der Waals surface area contributed by atoms with Crippen LogP contribution in [-0.4, -0.2) is 23.2 Å². The fourth-order valence-corrected chi connectivity index (χ4v) is 3.82. The van der Waals surface area contributed by atoms with E-state index in [1.807, 2.05) is 53.2 Å². The van der Waals surface area contributed by atoms with E-state index in [9.17, 15) is 4.79 Å². The number of aromatic nitrogens is 2. The number of hydrogen-bond acceptors (Lipinski definition) is 3. The molecular weight excluding hydrogens is 348 g/mol. The number of rotatable bonds is 5. The van der Waals surface area contributed by atoms with Crippen molar-refractivity contribution in [2.45, 2.75) is 19.3 Å². The quantitative estimate of drug-likeness (QED) is 0.624. The highest BCUT2D eigenvalue weighted by Gasteiger charge is 2.30. The molecule has 1 aromatic heterocycles. The molecule has 0 spiro atoms. The summed E-state index contributed by atoms with van der Waals surface area (Å²) in [6.07, 6.45) is 3.27. The number of hydrogen-bond donors (Lipinski definition) is 0. The van der Waals surface area contributed by atoms with E-state index in [1.54, 1.807) is 7.11 Å². The van der Waals surface area contributed by atoms with Crippen LogP contribution in [0, 0.1) is 5.92 Å². The Morgan fingerprint density at radius 2 is 1.96 bits per heavy atom. The molecule has 0 saturated carbocycles. The van der Waals surface area contributed by atoms with E-state index in [2.05, 4.69) is 0 Å². The van der Waals surface area contributed by atoms with Crippen molar-refractivity contribution in [2.75, 3.05) is 7.11 Å². The van der Waals surface area contributed by atoms with Crippen molar-refractivity contribution in [3.8, 4) is 22.7 Å². The molecule has 3 aromatic rings. The Balaban J connectivity index is 1.89. The Morgan fingerprint density at radius 3 is 2.69 bits per heavy atom. The summed E-state index contributed by atoms with van der Waals surface area (Å²) in [6.45, 7) is 0. The van der Waals surface area contributed by atoms with Gasteiger partial charge >= 0.3 is 0 Å². The van der Waals surface area contributed by atoms with Gasteiger partial charge in [-0.05, 0) is 43.0 Å². The van der Waals surface area contributed by atoms with E-state index in [0.717, 1.165) is 47.5 Å². The van der Waals surface area contributed by atoms with Gasteiger partial charge in [0.2, 0.25) is 0 Å².